The van der Waals surface area contributed by atoms with Crippen LogP contribution in [0.2, 0.25) is 0 Å². The van der Waals surface area contributed by atoms with E-state index in [4.69, 9.17) is 15.2 Å². The number of nitrogen functional groups attached to an aromatic ring is 1. The summed E-state index contributed by atoms with van der Waals surface area (Å²) < 4.78 is 10.4. The molecule has 1 aromatic rings. The summed E-state index contributed by atoms with van der Waals surface area (Å²) in [6, 6.07) is 3.32. The van der Waals surface area contributed by atoms with Crippen LogP contribution in [0.1, 0.15) is 36.7 Å². The van der Waals surface area contributed by atoms with Crippen LogP contribution in [0.25, 0.3) is 0 Å². The fourth-order valence-electron chi connectivity index (χ4n) is 1.37. The molecule has 17 heavy (non-hydrogen) atoms. The normalized spacial score (nSPS) is 11.1. The molecule has 0 aliphatic heterocycles. The molecule has 0 radical (unpaired) electrons. The first kappa shape index (κ1) is 13.4. The first-order chi connectivity index (χ1) is 7.74. The van der Waals surface area contributed by atoms with Crippen molar-refractivity contribution in [2.24, 2.45) is 0 Å². The summed E-state index contributed by atoms with van der Waals surface area (Å²) >= 11 is 0. The van der Waals surface area contributed by atoms with E-state index in [-0.39, 0.29) is 5.97 Å². The van der Waals surface area contributed by atoms with E-state index >= 15 is 0 Å². The molecule has 0 spiro atoms. The minimum absolute atomic E-state index is 0.388. The van der Waals surface area contributed by atoms with Crippen molar-refractivity contribution in [3.63, 3.8) is 0 Å². The maximum atomic E-state index is 12.0. The van der Waals surface area contributed by atoms with Gasteiger partial charge in [-0.1, -0.05) is 0 Å². The SMILES string of the molecule is COc1cc(N)c(C)c(C(=O)OC(C)(C)C)c1. The van der Waals surface area contributed by atoms with Gasteiger partial charge in [-0.25, -0.2) is 4.79 Å². The second-order valence-electron chi connectivity index (χ2n) is 4.89. The molecule has 0 aliphatic rings. The number of benzene rings is 1. The van der Waals surface area contributed by atoms with Crippen molar-refractivity contribution in [3.05, 3.63) is 23.3 Å². The summed E-state index contributed by atoms with van der Waals surface area (Å²) in [5.41, 5.74) is 6.95. The molecule has 0 bridgehead atoms. The number of anilines is 1. The number of rotatable bonds is 2. The van der Waals surface area contributed by atoms with E-state index in [1.807, 2.05) is 20.8 Å². The minimum Gasteiger partial charge on any atom is -0.497 e. The van der Waals surface area contributed by atoms with Crippen molar-refractivity contribution in [1.82, 2.24) is 0 Å². The molecule has 4 heteroatoms. The Labute approximate surface area is 102 Å². The molecule has 2 N–H and O–H groups in total. The van der Waals surface area contributed by atoms with E-state index in [0.717, 1.165) is 0 Å². The van der Waals surface area contributed by atoms with Gasteiger partial charge in [0.1, 0.15) is 11.4 Å². The number of hydrogen-bond donors (Lipinski definition) is 1. The Kier molecular flexibility index (Phi) is 3.66. The lowest BCUT2D eigenvalue weighted by atomic mass is 10.1. The third-order valence-corrected chi connectivity index (χ3v) is 2.28. The van der Waals surface area contributed by atoms with Crippen molar-refractivity contribution in [2.75, 3.05) is 12.8 Å². The van der Waals surface area contributed by atoms with E-state index in [0.29, 0.717) is 22.6 Å². The molecular formula is C13H19NO3. The average Bonchev–Trinajstić information content (AvgIpc) is 2.19. The van der Waals surface area contributed by atoms with Crippen molar-refractivity contribution < 1.29 is 14.3 Å². The highest BCUT2D eigenvalue weighted by Gasteiger charge is 2.20. The minimum atomic E-state index is -0.526. The summed E-state index contributed by atoms with van der Waals surface area (Å²) in [6.45, 7) is 7.26. The van der Waals surface area contributed by atoms with Crippen LogP contribution in [-0.2, 0) is 4.74 Å². The first-order valence-electron chi connectivity index (χ1n) is 5.42. The lowest BCUT2D eigenvalue weighted by Gasteiger charge is -2.20. The molecule has 0 saturated heterocycles. The van der Waals surface area contributed by atoms with Gasteiger partial charge in [0.2, 0.25) is 0 Å². The summed E-state index contributed by atoms with van der Waals surface area (Å²) in [5.74, 6) is 0.162. The molecule has 0 unspecified atom stereocenters. The summed E-state index contributed by atoms with van der Waals surface area (Å²) in [6.07, 6.45) is 0. The van der Waals surface area contributed by atoms with Crippen molar-refractivity contribution in [3.8, 4) is 5.75 Å². The van der Waals surface area contributed by atoms with Gasteiger partial charge < -0.3 is 15.2 Å². The topological polar surface area (TPSA) is 61.5 Å². The summed E-state index contributed by atoms with van der Waals surface area (Å²) in [4.78, 5) is 12.0. The lowest BCUT2D eigenvalue weighted by molar-refractivity contribution is 0.00685. The second kappa shape index (κ2) is 4.65. The van der Waals surface area contributed by atoms with Gasteiger partial charge in [0.25, 0.3) is 0 Å². The number of nitrogens with two attached hydrogens (primary N) is 1. The van der Waals surface area contributed by atoms with Crippen molar-refractivity contribution in [2.45, 2.75) is 33.3 Å². The number of carbonyl (C=O) groups is 1. The third kappa shape index (κ3) is 3.37. The summed E-state index contributed by atoms with van der Waals surface area (Å²) in [5, 5.41) is 0. The molecule has 0 atom stereocenters. The molecule has 0 aliphatic carbocycles. The van der Waals surface area contributed by atoms with Crippen molar-refractivity contribution >= 4 is 11.7 Å². The van der Waals surface area contributed by atoms with Gasteiger partial charge >= 0.3 is 5.97 Å². The predicted molar refractivity (Wildman–Crippen MR) is 67.3 cm³/mol. The van der Waals surface area contributed by atoms with Gasteiger partial charge in [0.05, 0.1) is 12.7 Å². The van der Waals surface area contributed by atoms with Crippen molar-refractivity contribution in [1.29, 1.82) is 0 Å². The molecular weight excluding hydrogens is 218 g/mol. The van der Waals surface area contributed by atoms with Crippen LogP contribution in [0.3, 0.4) is 0 Å². The van der Waals surface area contributed by atoms with E-state index < -0.39 is 5.60 Å². The molecule has 0 aromatic heterocycles. The highest BCUT2D eigenvalue weighted by Crippen LogP contribution is 2.25. The van der Waals surface area contributed by atoms with Crippen LogP contribution in [0, 0.1) is 6.92 Å². The molecule has 1 aromatic carbocycles. The smallest absolute Gasteiger partial charge is 0.339 e. The second-order valence-corrected chi connectivity index (χ2v) is 4.89. The number of methoxy groups -OCH3 is 1. The Morgan fingerprint density at radius 3 is 2.35 bits per heavy atom. The quantitative estimate of drug-likeness (QED) is 0.634. The fraction of sp³-hybridized carbons (Fsp3) is 0.462. The standard InChI is InChI=1S/C13H19NO3/c1-8-10(12(15)17-13(2,3)4)6-9(16-5)7-11(8)14/h6-7H,14H2,1-5H3. The molecule has 94 valence electrons. The Balaban J connectivity index is 3.13. The van der Waals surface area contributed by atoms with Gasteiger partial charge in [0.15, 0.2) is 0 Å². The van der Waals surface area contributed by atoms with E-state index in [1.54, 1.807) is 19.1 Å². The van der Waals surface area contributed by atoms with Gasteiger partial charge in [-0.3, -0.25) is 0 Å². The van der Waals surface area contributed by atoms with Crippen LogP contribution in [0.5, 0.6) is 5.75 Å². The highest BCUT2D eigenvalue weighted by molar-refractivity contribution is 5.93. The van der Waals surface area contributed by atoms with Gasteiger partial charge in [0, 0.05) is 11.8 Å². The highest BCUT2D eigenvalue weighted by atomic mass is 16.6. The monoisotopic (exact) mass is 237 g/mol. The molecule has 0 amide bonds. The number of carbonyl (C=O) groups excluding carboxylic acids is 1. The number of esters is 1. The fourth-order valence-corrected chi connectivity index (χ4v) is 1.37. The van der Waals surface area contributed by atoms with E-state index in [9.17, 15) is 4.79 Å². The van der Waals surface area contributed by atoms with Crippen LogP contribution < -0.4 is 10.5 Å². The van der Waals surface area contributed by atoms with Gasteiger partial charge in [-0.15, -0.1) is 0 Å². The maximum Gasteiger partial charge on any atom is 0.339 e. The Bertz CT molecular complexity index is 433. The molecule has 1 rings (SSSR count). The number of ether oxygens (including phenoxy) is 2. The molecule has 0 fully saturated rings. The largest absolute Gasteiger partial charge is 0.497 e. The maximum absolute atomic E-state index is 12.0. The Hall–Kier alpha value is -1.71. The molecule has 4 nitrogen and oxygen atoms in total. The van der Waals surface area contributed by atoms with Gasteiger partial charge in [-0.05, 0) is 39.3 Å². The zero-order valence-electron chi connectivity index (χ0n) is 11.0. The molecule has 0 heterocycles. The van der Waals surface area contributed by atoms with Crippen LogP contribution in [0.15, 0.2) is 12.1 Å². The average molecular weight is 237 g/mol. The van der Waals surface area contributed by atoms with Crippen LogP contribution in [0.4, 0.5) is 5.69 Å². The molecule has 0 saturated carbocycles. The van der Waals surface area contributed by atoms with E-state index in [2.05, 4.69) is 0 Å². The predicted octanol–water partition coefficient (Wildman–Crippen LogP) is 2.54. The third-order valence-electron chi connectivity index (χ3n) is 2.28. The van der Waals surface area contributed by atoms with Gasteiger partial charge in [-0.2, -0.15) is 0 Å². The Morgan fingerprint density at radius 1 is 1.29 bits per heavy atom. The zero-order valence-corrected chi connectivity index (χ0v) is 11.0. The van der Waals surface area contributed by atoms with Crippen LogP contribution >= 0.6 is 0 Å². The summed E-state index contributed by atoms with van der Waals surface area (Å²) in [7, 11) is 1.53. The lowest BCUT2D eigenvalue weighted by Crippen LogP contribution is -2.24. The number of hydrogen-bond acceptors (Lipinski definition) is 4. The Morgan fingerprint density at radius 2 is 1.88 bits per heavy atom. The zero-order chi connectivity index (χ0) is 13.2. The first-order valence-corrected chi connectivity index (χ1v) is 5.42. The van der Waals surface area contributed by atoms with E-state index in [1.165, 1.54) is 7.11 Å². The van der Waals surface area contributed by atoms with Crippen LogP contribution in [-0.4, -0.2) is 18.7 Å².